The van der Waals surface area contributed by atoms with E-state index in [-0.39, 0.29) is 22.8 Å². The lowest BCUT2D eigenvalue weighted by Gasteiger charge is -2.72. The van der Waals surface area contributed by atoms with Crippen molar-refractivity contribution in [3.05, 3.63) is 23.3 Å². The Balaban J connectivity index is 1.11. The minimum Gasteiger partial charge on any atom is -0.466 e. The first-order valence-corrected chi connectivity index (χ1v) is 23.2. The maximum atomic E-state index is 12.5. The fourth-order valence-corrected chi connectivity index (χ4v) is 16.2. The van der Waals surface area contributed by atoms with Crippen LogP contribution in [0.15, 0.2) is 23.3 Å². The molecular weight excluding hydrogens is 653 g/mol. The summed E-state index contributed by atoms with van der Waals surface area (Å²) in [6.07, 6.45) is 19.8. The van der Waals surface area contributed by atoms with Crippen LogP contribution in [0.4, 0.5) is 0 Å². The van der Waals surface area contributed by atoms with Gasteiger partial charge in [-0.1, -0.05) is 60.6 Å². The van der Waals surface area contributed by atoms with Gasteiger partial charge in [0.05, 0.1) is 24.0 Å². The first kappa shape index (κ1) is 38.4. The van der Waals surface area contributed by atoms with Gasteiger partial charge in [-0.2, -0.15) is 10.6 Å². The highest BCUT2D eigenvalue weighted by molar-refractivity contribution is 8.24. The van der Waals surface area contributed by atoms with Gasteiger partial charge in [-0.05, 0) is 152 Å². The summed E-state index contributed by atoms with van der Waals surface area (Å²) in [4.78, 5) is 15.0. The van der Waals surface area contributed by atoms with Crippen LogP contribution in [0.3, 0.4) is 0 Å². The zero-order valence-electron chi connectivity index (χ0n) is 33.7. The van der Waals surface area contributed by atoms with Gasteiger partial charge in [0, 0.05) is 31.7 Å². The van der Waals surface area contributed by atoms with E-state index < -0.39 is 10.6 Å². The van der Waals surface area contributed by atoms with E-state index >= 15 is 0 Å². The molecule has 7 aliphatic rings. The van der Waals surface area contributed by atoms with Gasteiger partial charge in [0.2, 0.25) is 0 Å². The summed E-state index contributed by atoms with van der Waals surface area (Å²) in [5.41, 5.74) is 4.53. The van der Waals surface area contributed by atoms with Crippen LogP contribution in [0.2, 0.25) is 0 Å². The molecule has 1 heterocycles. The summed E-state index contributed by atoms with van der Waals surface area (Å²) < 4.78 is 25.7. The molecule has 51 heavy (non-hydrogen) atoms. The number of nitrogens with zero attached hydrogens (tertiary/aromatic N) is 1. The summed E-state index contributed by atoms with van der Waals surface area (Å²) in [6, 6.07) is 0. The van der Waals surface area contributed by atoms with Crippen molar-refractivity contribution in [1.29, 1.82) is 0 Å². The van der Waals surface area contributed by atoms with Crippen LogP contribution in [-0.2, 0) is 9.53 Å². The second-order valence-electron chi connectivity index (χ2n) is 20.3. The third kappa shape index (κ3) is 6.25. The molecule has 0 bridgehead atoms. The molecule has 0 amide bonds. The Hall–Kier alpha value is -0.860. The normalized spacial score (nSPS) is 45.4. The summed E-state index contributed by atoms with van der Waals surface area (Å²) in [7, 11) is -2.34. The van der Waals surface area contributed by atoms with Gasteiger partial charge >= 0.3 is 5.97 Å². The predicted octanol–water partition coefficient (Wildman–Crippen LogP) is 9.96. The predicted molar refractivity (Wildman–Crippen MR) is 212 cm³/mol. The Labute approximate surface area is 313 Å². The molecule has 7 heteroatoms. The highest BCUT2D eigenvalue weighted by atomic mass is 32.3. The number of carbonyl (C=O) groups excluding carboxylic acids is 1. The lowest BCUT2D eigenvalue weighted by Crippen LogP contribution is -2.68. The molecule has 0 spiro atoms. The largest absolute Gasteiger partial charge is 0.466 e. The van der Waals surface area contributed by atoms with Gasteiger partial charge in [0.15, 0.2) is 0 Å². The number of nitrogens with one attached hydrogen (secondary N) is 1. The molecule has 0 aromatic heterocycles. The fraction of sp³-hybridized carbons (Fsp3) is 0.886. The summed E-state index contributed by atoms with van der Waals surface area (Å²) in [5, 5.41) is 4.30. The molecule has 1 saturated heterocycles. The average molecular weight is 727 g/mol. The van der Waals surface area contributed by atoms with Gasteiger partial charge in [-0.15, -0.1) is 0 Å². The number of fused-ring (bicyclic) bond motifs is 7. The monoisotopic (exact) mass is 727 g/mol. The van der Waals surface area contributed by atoms with Gasteiger partial charge in [0.25, 0.3) is 0 Å². The first-order chi connectivity index (χ1) is 24.0. The Bertz CT molecular complexity index is 1380. The Morgan fingerprint density at radius 2 is 1.69 bits per heavy atom. The van der Waals surface area contributed by atoms with Crippen molar-refractivity contribution in [1.82, 2.24) is 10.2 Å². The standard InChI is InChI=1S/C44H74N2O4S/c1-9-50-39(47)32-12-10-31(11-13-32)34-17-19-41(6)36(40(34,4)5)18-20-43(8)37(41)15-14-35-38-33(30(2)3)16-21-44(38,23-22-42(35,43)7)45-24-25-46-26-28-51(48,49)29-27-46/h10,17,30,32-33,35-38,45,48-49H,9,11-16,18-29H2,1-8H3/t32?,33-,35+,36-,37+,38+,41-,42+,43+,44-/m0/s1. The third-order valence-electron chi connectivity index (χ3n) is 17.7. The van der Waals surface area contributed by atoms with E-state index in [0.29, 0.717) is 40.3 Å². The van der Waals surface area contributed by atoms with Crippen molar-refractivity contribution in [2.75, 3.05) is 44.3 Å². The highest BCUT2D eigenvalue weighted by Gasteiger charge is 2.70. The van der Waals surface area contributed by atoms with Crippen molar-refractivity contribution in [2.45, 2.75) is 138 Å². The van der Waals surface area contributed by atoms with Crippen LogP contribution < -0.4 is 5.32 Å². The minimum atomic E-state index is -2.34. The van der Waals surface area contributed by atoms with E-state index in [1.807, 2.05) is 6.92 Å². The van der Waals surface area contributed by atoms with E-state index in [2.05, 4.69) is 70.8 Å². The molecule has 6 nitrogen and oxygen atoms in total. The maximum absolute atomic E-state index is 12.5. The number of hydrogen-bond donors (Lipinski definition) is 3. The topological polar surface area (TPSA) is 82.0 Å². The molecule has 0 radical (unpaired) electrons. The second kappa shape index (κ2) is 13.7. The number of esters is 1. The quantitative estimate of drug-likeness (QED) is 0.216. The molecule has 4 saturated carbocycles. The van der Waals surface area contributed by atoms with E-state index in [9.17, 15) is 13.9 Å². The Kier molecular flexibility index (Phi) is 10.3. The molecule has 3 N–H and O–H groups in total. The van der Waals surface area contributed by atoms with E-state index in [1.165, 1.54) is 63.4 Å². The highest BCUT2D eigenvalue weighted by Crippen LogP contribution is 2.76. The Morgan fingerprint density at radius 1 is 0.941 bits per heavy atom. The van der Waals surface area contributed by atoms with Gasteiger partial charge in [0.1, 0.15) is 0 Å². The van der Waals surface area contributed by atoms with Crippen LogP contribution in [0, 0.1) is 63.1 Å². The molecule has 290 valence electrons. The van der Waals surface area contributed by atoms with Gasteiger partial charge < -0.3 is 10.1 Å². The Morgan fingerprint density at radius 3 is 2.35 bits per heavy atom. The van der Waals surface area contributed by atoms with Crippen molar-refractivity contribution in [2.24, 2.45) is 63.1 Å². The third-order valence-corrected chi connectivity index (χ3v) is 19.3. The van der Waals surface area contributed by atoms with Crippen molar-refractivity contribution >= 4 is 16.6 Å². The average Bonchev–Trinajstić information content (AvgIpc) is 3.46. The molecule has 0 aromatic rings. The zero-order valence-corrected chi connectivity index (χ0v) is 34.5. The number of allylic oxidation sites excluding steroid dienone is 4. The number of hydrogen-bond acceptors (Lipinski definition) is 6. The molecule has 0 aromatic carbocycles. The van der Waals surface area contributed by atoms with Crippen molar-refractivity contribution in [3.8, 4) is 0 Å². The summed E-state index contributed by atoms with van der Waals surface area (Å²) >= 11 is 0. The smallest absolute Gasteiger partial charge is 0.309 e. The lowest BCUT2D eigenvalue weighted by molar-refractivity contribution is -0.223. The van der Waals surface area contributed by atoms with Crippen LogP contribution in [0.25, 0.3) is 0 Å². The van der Waals surface area contributed by atoms with E-state index in [1.54, 1.807) is 5.57 Å². The van der Waals surface area contributed by atoms with Gasteiger partial charge in [-0.3, -0.25) is 18.8 Å². The maximum Gasteiger partial charge on any atom is 0.309 e. The molecule has 10 atom stereocenters. The van der Waals surface area contributed by atoms with Crippen LogP contribution in [0.5, 0.6) is 0 Å². The molecule has 5 fully saturated rings. The van der Waals surface area contributed by atoms with Crippen LogP contribution in [0.1, 0.15) is 132 Å². The van der Waals surface area contributed by atoms with Crippen molar-refractivity contribution in [3.63, 3.8) is 0 Å². The van der Waals surface area contributed by atoms with E-state index in [4.69, 9.17) is 4.74 Å². The number of ether oxygens (including phenoxy) is 1. The summed E-state index contributed by atoms with van der Waals surface area (Å²) in [5.74, 6) is 5.57. The van der Waals surface area contributed by atoms with Crippen molar-refractivity contribution < 1.29 is 18.6 Å². The first-order valence-electron chi connectivity index (χ1n) is 21.3. The zero-order chi connectivity index (χ0) is 36.6. The summed E-state index contributed by atoms with van der Waals surface area (Å²) in [6.45, 7) is 24.5. The lowest BCUT2D eigenvalue weighted by atomic mass is 9.32. The molecule has 1 aliphatic heterocycles. The number of rotatable bonds is 8. The van der Waals surface area contributed by atoms with Gasteiger partial charge in [-0.25, -0.2) is 0 Å². The van der Waals surface area contributed by atoms with Crippen LogP contribution >= 0.6 is 10.6 Å². The minimum absolute atomic E-state index is 0.0120. The fourth-order valence-electron chi connectivity index (χ4n) is 14.9. The SMILES string of the molecule is CCOC(=O)C1CC=C(C2=CC[C@]3(C)[C@H]4CC[C@@H]5[C@H]6[C@H](C(C)C)CC[C@]6(NCCN6CCS(O)(O)CC6)CC[C@@]5(C)[C@]4(C)CC[C@H]3C2(C)C)CC1. The molecule has 7 rings (SSSR count). The second-order valence-corrected chi connectivity index (χ2v) is 22.7. The molecular formula is C44H74N2O4S. The molecule has 6 aliphatic carbocycles. The van der Waals surface area contributed by atoms with Crippen LogP contribution in [-0.4, -0.2) is 69.8 Å². The number of carbonyl (C=O) groups is 1. The molecule has 1 unspecified atom stereocenters. The van der Waals surface area contributed by atoms with E-state index in [0.717, 1.165) is 75.0 Å².